The minimum Gasteiger partial charge on any atom is -0.311 e. The van der Waals surface area contributed by atoms with Crippen LogP contribution in [-0.2, 0) is 5.41 Å². The summed E-state index contributed by atoms with van der Waals surface area (Å²) in [6.45, 7) is 12.2. The third-order valence-corrected chi connectivity index (χ3v) is 11.6. The van der Waals surface area contributed by atoms with Gasteiger partial charge in [-0.1, -0.05) is 111 Å². The van der Waals surface area contributed by atoms with Crippen molar-refractivity contribution in [2.75, 3.05) is 9.80 Å². The van der Waals surface area contributed by atoms with Crippen molar-refractivity contribution in [3.63, 3.8) is 0 Å². The van der Waals surface area contributed by atoms with E-state index in [0.29, 0.717) is 11.3 Å². The molecule has 0 bridgehead atoms. The molecule has 0 heterocycles. The van der Waals surface area contributed by atoms with Crippen molar-refractivity contribution >= 4 is 72.1 Å². The molecular weight excluding hydrogens is 693 g/mol. The molecule has 0 unspecified atom stereocenters. The lowest BCUT2D eigenvalue weighted by Crippen LogP contribution is -2.17. The van der Waals surface area contributed by atoms with Crippen LogP contribution in [0.2, 0.25) is 0 Å². The second-order valence-corrected chi connectivity index (χ2v) is 15.3. The van der Waals surface area contributed by atoms with Crippen molar-refractivity contribution in [2.45, 2.75) is 19.3 Å². The zero-order valence-electron chi connectivity index (χ0n) is 31.6. The third-order valence-electron chi connectivity index (χ3n) is 11.6. The van der Waals surface area contributed by atoms with Gasteiger partial charge in [0.25, 0.3) is 0 Å². The third kappa shape index (κ3) is 5.67. The van der Waals surface area contributed by atoms with Gasteiger partial charge in [0, 0.05) is 39.5 Å². The van der Waals surface area contributed by atoms with Gasteiger partial charge in [0.1, 0.15) is 0 Å². The molecule has 10 rings (SSSR count). The quantitative estimate of drug-likeness (QED) is 0.160. The van der Waals surface area contributed by atoms with Gasteiger partial charge in [0.15, 0.2) is 5.69 Å². The molecule has 0 N–H and O–H groups in total. The monoisotopic (exact) mass is 728 g/mol. The van der Waals surface area contributed by atoms with Crippen LogP contribution >= 0.6 is 0 Å². The second kappa shape index (κ2) is 13.3. The number of rotatable bonds is 6. The molecule has 0 fully saturated rings. The summed E-state index contributed by atoms with van der Waals surface area (Å²) >= 11 is 0. The number of fused-ring (bicyclic) bond motifs is 7. The maximum Gasteiger partial charge on any atom is 0.187 e. The summed E-state index contributed by atoms with van der Waals surface area (Å²) in [5.41, 5.74) is 12.3. The first-order chi connectivity index (χ1) is 27.9. The van der Waals surface area contributed by atoms with E-state index >= 15 is 0 Å². The lowest BCUT2D eigenvalue weighted by Gasteiger charge is -2.29. The highest BCUT2D eigenvalue weighted by molar-refractivity contribution is 6.01. The molecular formula is C53H36N4. The van der Waals surface area contributed by atoms with Gasteiger partial charge in [0.05, 0.1) is 18.2 Å². The molecule has 57 heavy (non-hydrogen) atoms. The molecule has 268 valence electrons. The van der Waals surface area contributed by atoms with E-state index in [4.69, 9.17) is 6.57 Å². The van der Waals surface area contributed by atoms with E-state index in [1.807, 2.05) is 48.5 Å². The fourth-order valence-electron chi connectivity index (χ4n) is 8.80. The standard InChI is InChI=1S/C53H36N4/c1-53(2)51-33-47(57(43-23-17-41(55-3)18-24-43)45-22-15-37-9-5-7-11-39(37)31-45)26-29-49(51)50-27-16-40-32-46(25-28-48(40)52(50)53)56(42-19-12-35(34-54)13-20-42)44-21-14-36-8-4-6-10-38(36)30-44/h4-33H,1-2H3. The Labute approximate surface area is 332 Å². The fourth-order valence-corrected chi connectivity index (χ4v) is 8.80. The first kappa shape index (κ1) is 33.9. The van der Waals surface area contributed by atoms with E-state index in [0.717, 1.165) is 34.1 Å². The maximum absolute atomic E-state index is 9.55. The van der Waals surface area contributed by atoms with Crippen LogP contribution in [0.3, 0.4) is 0 Å². The largest absolute Gasteiger partial charge is 0.311 e. The summed E-state index contributed by atoms with van der Waals surface area (Å²) in [4.78, 5) is 8.23. The van der Waals surface area contributed by atoms with Gasteiger partial charge in [-0.05, 0) is 140 Å². The van der Waals surface area contributed by atoms with Crippen LogP contribution < -0.4 is 9.80 Å². The summed E-state index contributed by atoms with van der Waals surface area (Å²) in [6, 6.07) is 66.3. The Hall–Kier alpha value is -7.66. The molecule has 0 atom stereocenters. The molecule has 4 heteroatoms. The van der Waals surface area contributed by atoms with Gasteiger partial charge in [-0.2, -0.15) is 5.26 Å². The van der Waals surface area contributed by atoms with E-state index in [2.05, 4.69) is 168 Å². The topological polar surface area (TPSA) is 34.6 Å². The number of benzene rings is 9. The molecule has 0 radical (unpaired) electrons. The maximum atomic E-state index is 9.55. The zero-order valence-corrected chi connectivity index (χ0v) is 31.6. The molecule has 0 aliphatic heterocycles. The molecule has 1 aliphatic rings. The summed E-state index contributed by atoms with van der Waals surface area (Å²) in [7, 11) is 0. The van der Waals surface area contributed by atoms with E-state index in [9.17, 15) is 5.26 Å². The lowest BCUT2D eigenvalue weighted by atomic mass is 9.80. The Morgan fingerprint density at radius 1 is 0.474 bits per heavy atom. The highest BCUT2D eigenvalue weighted by atomic mass is 15.1. The van der Waals surface area contributed by atoms with E-state index < -0.39 is 0 Å². The molecule has 0 saturated heterocycles. The van der Waals surface area contributed by atoms with Crippen molar-refractivity contribution in [3.05, 3.63) is 210 Å². The van der Waals surface area contributed by atoms with Gasteiger partial charge in [0.2, 0.25) is 0 Å². The van der Waals surface area contributed by atoms with E-state index in [-0.39, 0.29) is 5.41 Å². The number of nitrogens with zero attached hydrogens (tertiary/aromatic N) is 4. The van der Waals surface area contributed by atoms with E-state index in [1.54, 1.807) is 0 Å². The average molecular weight is 729 g/mol. The normalized spacial score (nSPS) is 12.5. The predicted octanol–water partition coefficient (Wildman–Crippen LogP) is 14.8. The highest BCUT2D eigenvalue weighted by Gasteiger charge is 2.37. The van der Waals surface area contributed by atoms with Crippen LogP contribution in [0.1, 0.15) is 30.5 Å². The first-order valence-electron chi connectivity index (χ1n) is 19.2. The molecule has 9 aromatic carbocycles. The van der Waals surface area contributed by atoms with Crippen molar-refractivity contribution in [1.82, 2.24) is 0 Å². The van der Waals surface area contributed by atoms with Crippen LogP contribution in [0.25, 0.3) is 48.3 Å². The number of nitriles is 1. The van der Waals surface area contributed by atoms with Crippen molar-refractivity contribution in [1.29, 1.82) is 5.26 Å². The molecule has 0 saturated carbocycles. The van der Waals surface area contributed by atoms with Crippen LogP contribution in [0.5, 0.6) is 0 Å². The number of anilines is 6. The Morgan fingerprint density at radius 2 is 0.930 bits per heavy atom. The molecule has 0 aromatic heterocycles. The Balaban J connectivity index is 1.08. The summed E-state index contributed by atoms with van der Waals surface area (Å²) in [6.07, 6.45) is 0. The molecule has 0 spiro atoms. The minimum atomic E-state index is -0.282. The summed E-state index contributed by atoms with van der Waals surface area (Å²) < 4.78 is 0. The zero-order chi connectivity index (χ0) is 38.7. The molecule has 9 aromatic rings. The van der Waals surface area contributed by atoms with Crippen LogP contribution in [-0.4, -0.2) is 0 Å². The average Bonchev–Trinajstić information content (AvgIpc) is 3.49. The minimum absolute atomic E-state index is 0.282. The van der Waals surface area contributed by atoms with Crippen molar-refractivity contribution in [2.24, 2.45) is 0 Å². The molecule has 1 aliphatic carbocycles. The predicted molar refractivity (Wildman–Crippen MR) is 237 cm³/mol. The SMILES string of the molecule is [C-]#[N+]c1ccc(N(c2ccc3c(c2)C(C)(C)c2c-3ccc3cc(N(c4ccc(C#N)cc4)c4ccc5ccccc5c4)ccc23)c2ccc3ccccc3c2)cc1. The van der Waals surface area contributed by atoms with Gasteiger partial charge in [-0.3, -0.25) is 0 Å². The number of hydrogen-bond donors (Lipinski definition) is 0. The van der Waals surface area contributed by atoms with Crippen molar-refractivity contribution < 1.29 is 0 Å². The van der Waals surface area contributed by atoms with Crippen LogP contribution in [0.4, 0.5) is 39.8 Å². The summed E-state index contributed by atoms with van der Waals surface area (Å²) in [5.74, 6) is 0. The highest BCUT2D eigenvalue weighted by Crippen LogP contribution is 2.53. The van der Waals surface area contributed by atoms with Gasteiger partial charge in [-0.15, -0.1) is 0 Å². The first-order valence-corrected chi connectivity index (χ1v) is 19.2. The van der Waals surface area contributed by atoms with Gasteiger partial charge in [-0.25, -0.2) is 4.85 Å². The summed E-state index contributed by atoms with van der Waals surface area (Å²) in [5, 5.41) is 16.7. The molecule has 0 amide bonds. The Bertz CT molecular complexity index is 3130. The van der Waals surface area contributed by atoms with Gasteiger partial charge < -0.3 is 9.80 Å². The van der Waals surface area contributed by atoms with Crippen LogP contribution in [0.15, 0.2) is 182 Å². The van der Waals surface area contributed by atoms with Crippen molar-refractivity contribution in [3.8, 4) is 17.2 Å². The molecule has 4 nitrogen and oxygen atoms in total. The lowest BCUT2D eigenvalue weighted by molar-refractivity contribution is 0.666. The Morgan fingerprint density at radius 3 is 1.51 bits per heavy atom. The second-order valence-electron chi connectivity index (χ2n) is 15.3. The fraction of sp³-hybridized carbons (Fsp3) is 0.0566. The number of hydrogen-bond acceptors (Lipinski definition) is 3. The van der Waals surface area contributed by atoms with E-state index in [1.165, 1.54) is 54.6 Å². The Kier molecular flexibility index (Phi) is 7.89. The van der Waals surface area contributed by atoms with Gasteiger partial charge >= 0.3 is 0 Å². The smallest absolute Gasteiger partial charge is 0.187 e. The van der Waals surface area contributed by atoms with Crippen LogP contribution in [0, 0.1) is 17.9 Å².